The molecule has 0 unspecified atom stereocenters. The van der Waals surface area contributed by atoms with Gasteiger partial charge in [-0.1, -0.05) is 37.3 Å². The van der Waals surface area contributed by atoms with Crippen LogP contribution in [-0.2, 0) is 11.3 Å². The van der Waals surface area contributed by atoms with Crippen molar-refractivity contribution in [3.05, 3.63) is 70.5 Å². The smallest absolute Gasteiger partial charge is 0.230 e. The molecule has 2 heterocycles. The number of hydrogen-bond donors (Lipinski definition) is 0. The molecule has 0 saturated carbocycles. The molecular formula is C25H29N3O2S. The zero-order valence-corrected chi connectivity index (χ0v) is 19.0. The average molecular weight is 436 g/mol. The highest BCUT2D eigenvalue weighted by atomic mass is 32.1. The number of carbonyl (C=O) groups excluding carboxylic acids is 1. The highest BCUT2D eigenvalue weighted by Crippen LogP contribution is 2.26. The lowest BCUT2D eigenvalue weighted by Gasteiger charge is -2.36. The molecule has 0 aliphatic carbocycles. The second-order valence-corrected chi connectivity index (χ2v) is 8.77. The number of aromatic nitrogens is 1. The zero-order chi connectivity index (χ0) is 21.6. The van der Waals surface area contributed by atoms with Gasteiger partial charge in [0, 0.05) is 37.1 Å². The molecule has 5 nitrogen and oxygen atoms in total. The Bertz CT molecular complexity index is 980. The summed E-state index contributed by atoms with van der Waals surface area (Å²) in [6.45, 7) is 6.24. The van der Waals surface area contributed by atoms with Gasteiger partial charge in [0.05, 0.1) is 25.3 Å². The number of methoxy groups -OCH3 is 1. The summed E-state index contributed by atoms with van der Waals surface area (Å²) in [6, 6.07) is 18.1. The van der Waals surface area contributed by atoms with Gasteiger partial charge in [-0.05, 0) is 36.2 Å². The second-order valence-electron chi connectivity index (χ2n) is 7.83. The molecule has 1 aliphatic heterocycles. The molecule has 0 radical (unpaired) electrons. The maximum absolute atomic E-state index is 13.1. The molecule has 1 fully saturated rings. The molecule has 2 aromatic carbocycles. The number of benzene rings is 2. The molecular weight excluding hydrogens is 406 g/mol. The molecule has 4 rings (SSSR count). The Morgan fingerprint density at radius 3 is 2.42 bits per heavy atom. The van der Waals surface area contributed by atoms with Crippen LogP contribution in [0.4, 0.5) is 0 Å². The Hall–Kier alpha value is -2.70. The standard InChI is InChI=1S/C25H29N3O2S/c1-3-22(19-7-5-4-6-8-19)25(29)28-15-13-27(14-16-28)17-24-26-23(18-31-24)20-9-11-21(30-2)12-10-20/h4-12,18,22H,3,13-17H2,1-2H3/t22-/m1/s1. The van der Waals surface area contributed by atoms with Crippen LogP contribution in [0.25, 0.3) is 11.3 Å². The average Bonchev–Trinajstić information content (AvgIpc) is 3.29. The van der Waals surface area contributed by atoms with Gasteiger partial charge < -0.3 is 9.64 Å². The van der Waals surface area contributed by atoms with Crippen LogP contribution >= 0.6 is 11.3 Å². The van der Waals surface area contributed by atoms with Crippen LogP contribution in [0.15, 0.2) is 60.0 Å². The number of nitrogens with zero attached hydrogens (tertiary/aromatic N) is 3. The van der Waals surface area contributed by atoms with Gasteiger partial charge >= 0.3 is 0 Å². The van der Waals surface area contributed by atoms with E-state index in [1.807, 2.05) is 47.4 Å². The Balaban J connectivity index is 1.32. The Morgan fingerprint density at radius 2 is 1.77 bits per heavy atom. The van der Waals surface area contributed by atoms with Gasteiger partial charge in [0.25, 0.3) is 0 Å². The van der Waals surface area contributed by atoms with E-state index < -0.39 is 0 Å². The molecule has 162 valence electrons. The number of ether oxygens (including phenoxy) is 1. The highest BCUT2D eigenvalue weighted by Gasteiger charge is 2.27. The largest absolute Gasteiger partial charge is 0.497 e. The van der Waals surface area contributed by atoms with Crippen LogP contribution in [0, 0.1) is 0 Å². The Morgan fingerprint density at radius 1 is 1.06 bits per heavy atom. The number of hydrogen-bond acceptors (Lipinski definition) is 5. The normalized spacial score (nSPS) is 15.6. The maximum Gasteiger partial charge on any atom is 0.230 e. The third-order valence-corrected chi connectivity index (χ3v) is 6.72. The van der Waals surface area contributed by atoms with E-state index in [0.29, 0.717) is 0 Å². The van der Waals surface area contributed by atoms with Gasteiger partial charge in [-0.15, -0.1) is 11.3 Å². The first-order valence-electron chi connectivity index (χ1n) is 10.8. The monoisotopic (exact) mass is 435 g/mol. The van der Waals surface area contributed by atoms with Crippen LogP contribution in [-0.4, -0.2) is 54.0 Å². The first-order chi connectivity index (χ1) is 15.2. The van der Waals surface area contributed by atoms with Crippen molar-refractivity contribution in [1.82, 2.24) is 14.8 Å². The number of amides is 1. The van der Waals surface area contributed by atoms with Gasteiger partial charge in [0.1, 0.15) is 10.8 Å². The Labute approximate surface area is 188 Å². The first-order valence-corrected chi connectivity index (χ1v) is 11.7. The quantitative estimate of drug-likeness (QED) is 0.542. The lowest BCUT2D eigenvalue weighted by molar-refractivity contribution is -0.134. The van der Waals surface area contributed by atoms with E-state index in [2.05, 4.69) is 29.3 Å². The summed E-state index contributed by atoms with van der Waals surface area (Å²) < 4.78 is 5.23. The number of thiazole rings is 1. The fourth-order valence-corrected chi connectivity index (χ4v) is 4.90. The Kier molecular flexibility index (Phi) is 6.99. The van der Waals surface area contributed by atoms with Crippen LogP contribution in [0.5, 0.6) is 5.75 Å². The van der Waals surface area contributed by atoms with Gasteiger partial charge in [0.15, 0.2) is 0 Å². The van der Waals surface area contributed by atoms with Gasteiger partial charge in [-0.3, -0.25) is 9.69 Å². The van der Waals surface area contributed by atoms with Gasteiger partial charge in [0.2, 0.25) is 5.91 Å². The number of carbonyl (C=O) groups is 1. The molecule has 0 N–H and O–H groups in total. The third kappa shape index (κ3) is 5.14. The summed E-state index contributed by atoms with van der Waals surface area (Å²) in [6.07, 6.45) is 0.830. The van der Waals surface area contributed by atoms with Crippen molar-refractivity contribution in [2.24, 2.45) is 0 Å². The molecule has 0 spiro atoms. The van der Waals surface area contributed by atoms with Crippen molar-refractivity contribution in [2.45, 2.75) is 25.8 Å². The van der Waals surface area contributed by atoms with Crippen LogP contribution in [0.1, 0.15) is 29.8 Å². The van der Waals surface area contributed by atoms with Crippen LogP contribution in [0.3, 0.4) is 0 Å². The highest BCUT2D eigenvalue weighted by molar-refractivity contribution is 7.09. The number of rotatable bonds is 7. The predicted octanol–water partition coefficient (Wildman–Crippen LogP) is 4.66. The molecule has 1 aliphatic rings. The molecule has 31 heavy (non-hydrogen) atoms. The SMILES string of the molecule is CC[C@@H](C(=O)N1CCN(Cc2nc(-c3ccc(OC)cc3)cs2)CC1)c1ccccc1. The van der Waals surface area contributed by atoms with E-state index in [0.717, 1.165) is 66.7 Å². The van der Waals surface area contributed by atoms with Crippen molar-refractivity contribution in [3.8, 4) is 17.0 Å². The molecule has 0 bridgehead atoms. The minimum absolute atomic E-state index is 0.0428. The molecule has 1 saturated heterocycles. The first kappa shape index (κ1) is 21.5. The van der Waals surface area contributed by atoms with Crippen LogP contribution in [0.2, 0.25) is 0 Å². The predicted molar refractivity (Wildman–Crippen MR) is 125 cm³/mol. The van der Waals surface area contributed by atoms with Gasteiger partial charge in [-0.25, -0.2) is 4.98 Å². The van der Waals surface area contributed by atoms with E-state index in [4.69, 9.17) is 9.72 Å². The van der Waals surface area contributed by atoms with Crippen molar-refractivity contribution in [3.63, 3.8) is 0 Å². The van der Waals surface area contributed by atoms with Crippen molar-refractivity contribution >= 4 is 17.2 Å². The summed E-state index contributed by atoms with van der Waals surface area (Å²) >= 11 is 1.70. The fraction of sp³-hybridized carbons (Fsp3) is 0.360. The van der Waals surface area contributed by atoms with E-state index in [9.17, 15) is 4.79 Å². The van der Waals surface area contributed by atoms with Crippen LogP contribution < -0.4 is 4.74 Å². The minimum Gasteiger partial charge on any atom is -0.497 e. The van der Waals surface area contributed by atoms with E-state index in [1.54, 1.807) is 18.4 Å². The fourth-order valence-electron chi connectivity index (χ4n) is 4.05. The van der Waals surface area contributed by atoms with E-state index in [1.165, 1.54) is 0 Å². The summed E-state index contributed by atoms with van der Waals surface area (Å²) in [5, 5.41) is 3.23. The van der Waals surface area contributed by atoms with Crippen molar-refractivity contribution in [2.75, 3.05) is 33.3 Å². The molecule has 6 heteroatoms. The molecule has 3 aromatic rings. The minimum atomic E-state index is -0.0428. The van der Waals surface area contributed by atoms with Crippen molar-refractivity contribution in [1.29, 1.82) is 0 Å². The van der Waals surface area contributed by atoms with E-state index in [-0.39, 0.29) is 11.8 Å². The second kappa shape index (κ2) is 10.1. The third-order valence-electron chi connectivity index (χ3n) is 5.89. The molecule has 1 aromatic heterocycles. The summed E-state index contributed by atoms with van der Waals surface area (Å²) in [5.41, 5.74) is 3.22. The molecule has 1 amide bonds. The summed E-state index contributed by atoms with van der Waals surface area (Å²) in [5.74, 6) is 1.06. The summed E-state index contributed by atoms with van der Waals surface area (Å²) in [7, 11) is 1.67. The zero-order valence-electron chi connectivity index (χ0n) is 18.2. The number of piperazine rings is 1. The topological polar surface area (TPSA) is 45.7 Å². The molecule has 1 atom stereocenters. The lowest BCUT2D eigenvalue weighted by atomic mass is 9.95. The lowest BCUT2D eigenvalue weighted by Crippen LogP contribution is -2.49. The maximum atomic E-state index is 13.1. The van der Waals surface area contributed by atoms with Gasteiger partial charge in [-0.2, -0.15) is 0 Å². The summed E-state index contributed by atoms with van der Waals surface area (Å²) in [4.78, 5) is 22.3. The van der Waals surface area contributed by atoms with Crippen molar-refractivity contribution < 1.29 is 9.53 Å². The van der Waals surface area contributed by atoms with E-state index >= 15 is 0 Å².